The fourth-order valence-electron chi connectivity index (χ4n) is 1.81. The Morgan fingerprint density at radius 1 is 1.41 bits per heavy atom. The lowest BCUT2D eigenvalue weighted by atomic mass is 10.2. The first-order chi connectivity index (χ1) is 8.18. The molecule has 2 rings (SSSR count). The highest BCUT2D eigenvalue weighted by molar-refractivity contribution is 7.71. The minimum atomic E-state index is 0.382. The van der Waals surface area contributed by atoms with Crippen molar-refractivity contribution < 1.29 is 0 Å². The van der Waals surface area contributed by atoms with Gasteiger partial charge >= 0.3 is 0 Å². The highest BCUT2D eigenvalue weighted by Crippen LogP contribution is 2.12. The van der Waals surface area contributed by atoms with Crippen LogP contribution >= 0.6 is 12.2 Å². The first-order valence-electron chi connectivity index (χ1n) is 5.81. The molecular weight excluding hydrogens is 234 g/mol. The minimum Gasteiger partial charge on any atom is -0.304 e. The van der Waals surface area contributed by atoms with Gasteiger partial charge in [0.1, 0.15) is 5.82 Å². The van der Waals surface area contributed by atoms with E-state index in [4.69, 9.17) is 12.2 Å². The Balaban J connectivity index is 1.99. The van der Waals surface area contributed by atoms with E-state index in [-0.39, 0.29) is 0 Å². The summed E-state index contributed by atoms with van der Waals surface area (Å²) >= 11 is 5.23. The summed E-state index contributed by atoms with van der Waals surface area (Å²) in [7, 11) is 0. The largest absolute Gasteiger partial charge is 0.304 e. The van der Waals surface area contributed by atoms with Crippen LogP contribution in [0.4, 0.5) is 0 Å². The van der Waals surface area contributed by atoms with E-state index >= 15 is 0 Å². The van der Waals surface area contributed by atoms with E-state index in [1.165, 1.54) is 0 Å². The zero-order chi connectivity index (χ0) is 12.3. The standard InChI is InChI=1S/C11H17N5S/c1-9(2)10-13-14-11(17)16(10)8-4-7-15-6-3-5-12-15/h3,5-6,9H,4,7-8H2,1-2H3,(H,14,17). The van der Waals surface area contributed by atoms with Gasteiger partial charge in [0.2, 0.25) is 0 Å². The van der Waals surface area contributed by atoms with Crippen LogP contribution in [0.2, 0.25) is 0 Å². The number of hydrogen-bond donors (Lipinski definition) is 1. The number of rotatable bonds is 5. The normalized spacial score (nSPS) is 11.2. The van der Waals surface area contributed by atoms with E-state index in [1.807, 2.05) is 16.9 Å². The highest BCUT2D eigenvalue weighted by atomic mass is 32.1. The van der Waals surface area contributed by atoms with Crippen LogP contribution in [-0.2, 0) is 13.1 Å². The fourth-order valence-corrected chi connectivity index (χ4v) is 2.04. The second-order valence-electron chi connectivity index (χ2n) is 4.32. The topological polar surface area (TPSA) is 51.4 Å². The lowest BCUT2D eigenvalue weighted by Crippen LogP contribution is -2.08. The van der Waals surface area contributed by atoms with Gasteiger partial charge < -0.3 is 4.57 Å². The Hall–Kier alpha value is -1.43. The molecule has 0 atom stereocenters. The lowest BCUT2D eigenvalue weighted by molar-refractivity contribution is 0.508. The average Bonchev–Trinajstić information content (AvgIpc) is 2.89. The van der Waals surface area contributed by atoms with Crippen LogP contribution < -0.4 is 0 Å². The molecule has 0 aromatic carbocycles. The molecule has 2 aromatic rings. The molecule has 1 N–H and O–H groups in total. The first kappa shape index (κ1) is 12.0. The Morgan fingerprint density at radius 2 is 2.24 bits per heavy atom. The number of nitrogens with zero attached hydrogens (tertiary/aromatic N) is 4. The smallest absolute Gasteiger partial charge is 0.195 e. The summed E-state index contributed by atoms with van der Waals surface area (Å²) < 4.78 is 4.71. The summed E-state index contributed by atoms with van der Waals surface area (Å²) in [6.07, 6.45) is 4.76. The molecule has 0 unspecified atom stereocenters. The van der Waals surface area contributed by atoms with Gasteiger partial charge in [0.05, 0.1) is 0 Å². The Labute approximate surface area is 105 Å². The molecule has 0 saturated heterocycles. The van der Waals surface area contributed by atoms with Crippen LogP contribution in [0, 0.1) is 4.77 Å². The van der Waals surface area contributed by atoms with Crippen LogP contribution in [0.25, 0.3) is 0 Å². The molecule has 6 heteroatoms. The predicted molar refractivity (Wildman–Crippen MR) is 68.3 cm³/mol. The summed E-state index contributed by atoms with van der Waals surface area (Å²) in [5.74, 6) is 1.41. The maximum absolute atomic E-state index is 5.23. The number of H-pyrrole nitrogens is 1. The van der Waals surface area contributed by atoms with Crippen molar-refractivity contribution in [2.24, 2.45) is 0 Å². The molecule has 0 bridgehead atoms. The third kappa shape index (κ3) is 2.82. The van der Waals surface area contributed by atoms with E-state index in [1.54, 1.807) is 6.20 Å². The summed E-state index contributed by atoms with van der Waals surface area (Å²) in [5.41, 5.74) is 0. The third-order valence-corrected chi connectivity index (χ3v) is 2.94. The zero-order valence-corrected chi connectivity index (χ0v) is 10.9. The monoisotopic (exact) mass is 251 g/mol. The second-order valence-corrected chi connectivity index (χ2v) is 4.70. The molecule has 2 aromatic heterocycles. The SMILES string of the molecule is CC(C)c1n[nH]c(=S)n1CCCn1cccn1. The van der Waals surface area contributed by atoms with E-state index in [9.17, 15) is 0 Å². The van der Waals surface area contributed by atoms with Gasteiger partial charge in [-0.15, -0.1) is 0 Å². The van der Waals surface area contributed by atoms with Gasteiger partial charge in [-0.25, -0.2) is 0 Å². The second kappa shape index (κ2) is 5.27. The Bertz CT molecular complexity index is 508. The van der Waals surface area contributed by atoms with Gasteiger partial charge in [-0.2, -0.15) is 10.2 Å². The van der Waals surface area contributed by atoms with Gasteiger partial charge in [-0.05, 0) is 24.7 Å². The summed E-state index contributed by atoms with van der Waals surface area (Å²) in [4.78, 5) is 0. The molecular formula is C11H17N5S. The van der Waals surface area contributed by atoms with Crippen molar-refractivity contribution in [3.8, 4) is 0 Å². The molecule has 0 spiro atoms. The van der Waals surface area contributed by atoms with Crippen molar-refractivity contribution >= 4 is 12.2 Å². The summed E-state index contributed by atoms with van der Waals surface area (Å²) in [5, 5.41) is 11.3. The van der Waals surface area contributed by atoms with Crippen molar-refractivity contribution in [1.82, 2.24) is 24.5 Å². The van der Waals surface area contributed by atoms with Crippen molar-refractivity contribution in [2.45, 2.75) is 39.3 Å². The summed E-state index contributed by atoms with van der Waals surface area (Å²) in [6.45, 7) is 6.02. The van der Waals surface area contributed by atoms with Crippen LogP contribution in [-0.4, -0.2) is 24.5 Å². The third-order valence-electron chi connectivity index (χ3n) is 2.63. The van der Waals surface area contributed by atoms with E-state index in [0.29, 0.717) is 10.7 Å². The maximum atomic E-state index is 5.23. The maximum Gasteiger partial charge on any atom is 0.195 e. The zero-order valence-electron chi connectivity index (χ0n) is 10.1. The van der Waals surface area contributed by atoms with Crippen molar-refractivity contribution in [1.29, 1.82) is 0 Å². The molecule has 92 valence electrons. The molecule has 0 amide bonds. The number of aromatic nitrogens is 5. The minimum absolute atomic E-state index is 0.382. The number of aromatic amines is 1. The molecule has 17 heavy (non-hydrogen) atoms. The molecule has 0 fully saturated rings. The van der Waals surface area contributed by atoms with Gasteiger partial charge in [0.25, 0.3) is 0 Å². The molecule has 0 saturated carbocycles. The average molecular weight is 251 g/mol. The first-order valence-corrected chi connectivity index (χ1v) is 6.22. The van der Waals surface area contributed by atoms with Crippen LogP contribution in [0.1, 0.15) is 32.0 Å². The fraction of sp³-hybridized carbons (Fsp3) is 0.545. The predicted octanol–water partition coefficient (Wildman–Crippen LogP) is 2.35. The van der Waals surface area contributed by atoms with E-state index < -0.39 is 0 Å². The molecule has 0 aliphatic rings. The van der Waals surface area contributed by atoms with E-state index in [0.717, 1.165) is 25.3 Å². The van der Waals surface area contributed by atoms with Crippen molar-refractivity contribution in [3.05, 3.63) is 29.1 Å². The van der Waals surface area contributed by atoms with Gasteiger partial charge in [-0.3, -0.25) is 9.78 Å². The highest BCUT2D eigenvalue weighted by Gasteiger charge is 2.09. The van der Waals surface area contributed by atoms with Crippen molar-refractivity contribution in [3.63, 3.8) is 0 Å². The molecule has 5 nitrogen and oxygen atoms in total. The molecule has 0 radical (unpaired) electrons. The van der Waals surface area contributed by atoms with Crippen LogP contribution in [0.5, 0.6) is 0 Å². The van der Waals surface area contributed by atoms with Gasteiger partial charge in [0.15, 0.2) is 4.77 Å². The molecule has 2 heterocycles. The number of hydrogen-bond acceptors (Lipinski definition) is 3. The quantitative estimate of drug-likeness (QED) is 0.830. The molecule has 0 aliphatic heterocycles. The summed E-state index contributed by atoms with van der Waals surface area (Å²) in [6, 6.07) is 1.93. The van der Waals surface area contributed by atoms with Gasteiger partial charge in [-0.1, -0.05) is 13.8 Å². The van der Waals surface area contributed by atoms with Gasteiger partial charge in [0, 0.05) is 31.4 Å². The number of nitrogens with one attached hydrogen (secondary N) is 1. The Morgan fingerprint density at radius 3 is 2.88 bits per heavy atom. The number of aryl methyl sites for hydroxylation is 1. The molecule has 0 aliphatic carbocycles. The van der Waals surface area contributed by atoms with E-state index in [2.05, 4.69) is 33.7 Å². The Kier molecular flexibility index (Phi) is 3.73. The lowest BCUT2D eigenvalue weighted by Gasteiger charge is -2.08. The van der Waals surface area contributed by atoms with Crippen LogP contribution in [0.3, 0.4) is 0 Å². The van der Waals surface area contributed by atoms with Crippen LogP contribution in [0.15, 0.2) is 18.5 Å². The van der Waals surface area contributed by atoms with Crippen molar-refractivity contribution in [2.75, 3.05) is 0 Å².